The molecule has 0 saturated heterocycles. The first kappa shape index (κ1) is 51.6. The molecule has 0 aliphatic heterocycles. The smallest absolute Gasteiger partial charge is 0.469 e. The highest BCUT2D eigenvalue weighted by atomic mass is 31.2. The number of esters is 2. The van der Waals surface area contributed by atoms with Crippen LogP contribution in [0.4, 0.5) is 0 Å². The number of carbonyl (C=O) groups is 3. The molecule has 0 spiro atoms. The highest BCUT2D eigenvalue weighted by Crippen LogP contribution is 2.35. The van der Waals surface area contributed by atoms with E-state index in [-0.39, 0.29) is 32.0 Å². The summed E-state index contributed by atoms with van der Waals surface area (Å²) in [7, 11) is -4.42. The lowest BCUT2D eigenvalue weighted by atomic mass is 10.1. The SMILES string of the molecule is CCCCCCCCCCCCCOC(=O)CCC(NC(=O)c1ccc(OCCCCCCOP(=O)(O)O)cc1)C(=O)OCCCCCCCCCCCCC. The van der Waals surface area contributed by atoms with Gasteiger partial charge in [0.1, 0.15) is 11.8 Å². The molecule has 0 aromatic heterocycles. The molecule has 324 valence electrons. The molecule has 0 aliphatic carbocycles. The number of unbranched alkanes of at least 4 members (excludes halogenated alkanes) is 23. The second-order valence-corrected chi connectivity index (χ2v) is 16.4. The van der Waals surface area contributed by atoms with Crippen LogP contribution in [0.1, 0.15) is 204 Å². The van der Waals surface area contributed by atoms with Crippen LogP contribution < -0.4 is 10.1 Å². The van der Waals surface area contributed by atoms with E-state index in [0.29, 0.717) is 30.9 Å². The lowest BCUT2D eigenvalue weighted by Crippen LogP contribution is -2.42. The van der Waals surface area contributed by atoms with Crippen molar-refractivity contribution in [1.82, 2.24) is 5.32 Å². The van der Waals surface area contributed by atoms with Crippen LogP contribution in [0, 0.1) is 0 Å². The molecule has 1 atom stereocenters. The third kappa shape index (κ3) is 31.6. The minimum atomic E-state index is -4.42. The fourth-order valence-corrected chi connectivity index (χ4v) is 6.82. The predicted molar refractivity (Wildman–Crippen MR) is 224 cm³/mol. The second kappa shape index (κ2) is 35.7. The van der Waals surface area contributed by atoms with Crippen molar-refractivity contribution in [3.05, 3.63) is 29.8 Å². The molecule has 0 saturated carbocycles. The summed E-state index contributed by atoms with van der Waals surface area (Å²) in [6.45, 7) is 5.57. The van der Waals surface area contributed by atoms with E-state index >= 15 is 0 Å². The summed E-state index contributed by atoms with van der Waals surface area (Å²) in [5.74, 6) is -0.780. The number of nitrogens with one attached hydrogen (secondary N) is 1. The number of phosphoric ester groups is 1. The van der Waals surface area contributed by atoms with Gasteiger partial charge in [0, 0.05) is 12.0 Å². The predicted octanol–water partition coefficient (Wildman–Crippen LogP) is 11.3. The normalized spacial score (nSPS) is 12.0. The van der Waals surface area contributed by atoms with Gasteiger partial charge in [-0.05, 0) is 62.8 Å². The van der Waals surface area contributed by atoms with Gasteiger partial charge in [0.05, 0.1) is 26.4 Å². The van der Waals surface area contributed by atoms with Gasteiger partial charge in [0.25, 0.3) is 5.91 Å². The van der Waals surface area contributed by atoms with Gasteiger partial charge in [-0.1, -0.05) is 149 Å². The molecule has 1 rings (SSSR count). The van der Waals surface area contributed by atoms with Crippen LogP contribution in [0.2, 0.25) is 0 Å². The van der Waals surface area contributed by atoms with Gasteiger partial charge in [-0.2, -0.15) is 0 Å². The van der Waals surface area contributed by atoms with Crippen LogP contribution in [-0.4, -0.2) is 60.1 Å². The van der Waals surface area contributed by atoms with Gasteiger partial charge < -0.3 is 29.3 Å². The van der Waals surface area contributed by atoms with E-state index in [0.717, 1.165) is 57.8 Å². The Labute approximate surface area is 339 Å². The number of carbonyl (C=O) groups excluding carboxylic acids is 3. The monoisotopic (exact) mass is 812 g/mol. The van der Waals surface area contributed by atoms with Crippen LogP contribution in [0.25, 0.3) is 0 Å². The second-order valence-electron chi connectivity index (χ2n) is 15.1. The molecular weight excluding hydrogens is 733 g/mol. The van der Waals surface area contributed by atoms with Crippen molar-refractivity contribution < 1.29 is 47.5 Å². The summed E-state index contributed by atoms with van der Waals surface area (Å²) in [5, 5.41) is 2.78. The summed E-state index contributed by atoms with van der Waals surface area (Å²) < 4.78 is 32.0. The standard InChI is InChI=1S/C44H78NO10P/c1-3-5-7-9-11-13-15-17-19-21-26-36-53-42(46)34-33-41(44(48)54-37-27-22-20-18-16-14-12-10-8-6-4-2)45-43(47)39-29-31-40(32-30-39)52-35-25-23-24-28-38-55-56(49,50)51/h29-32,41H,3-28,33-38H2,1-2H3,(H,45,47)(H2,49,50,51). The Kier molecular flexibility index (Phi) is 32.9. The molecule has 0 heterocycles. The van der Waals surface area contributed by atoms with Crippen LogP contribution in [0.15, 0.2) is 24.3 Å². The maximum absolute atomic E-state index is 13.2. The topological polar surface area (TPSA) is 158 Å². The van der Waals surface area contributed by atoms with Crippen LogP contribution >= 0.6 is 7.82 Å². The minimum Gasteiger partial charge on any atom is -0.494 e. The van der Waals surface area contributed by atoms with Crippen molar-refractivity contribution >= 4 is 25.7 Å². The minimum absolute atomic E-state index is 0.00000261. The molecule has 1 aromatic carbocycles. The molecule has 1 aromatic rings. The van der Waals surface area contributed by atoms with Gasteiger partial charge in [0.15, 0.2) is 0 Å². The van der Waals surface area contributed by atoms with Crippen molar-refractivity contribution in [1.29, 1.82) is 0 Å². The van der Waals surface area contributed by atoms with E-state index in [1.165, 1.54) is 103 Å². The highest BCUT2D eigenvalue weighted by Gasteiger charge is 2.24. The van der Waals surface area contributed by atoms with Crippen molar-refractivity contribution in [2.45, 2.75) is 200 Å². The van der Waals surface area contributed by atoms with Crippen molar-refractivity contribution in [3.63, 3.8) is 0 Å². The van der Waals surface area contributed by atoms with Gasteiger partial charge in [0.2, 0.25) is 0 Å². The Bertz CT molecular complexity index is 1160. The number of hydrogen-bond acceptors (Lipinski definition) is 8. The van der Waals surface area contributed by atoms with E-state index in [2.05, 4.69) is 23.7 Å². The molecule has 3 N–H and O–H groups in total. The summed E-state index contributed by atoms with van der Waals surface area (Å²) in [5.41, 5.74) is 0.352. The molecule has 11 nitrogen and oxygen atoms in total. The molecule has 1 amide bonds. The maximum Gasteiger partial charge on any atom is 0.469 e. The Morgan fingerprint density at radius 1 is 0.571 bits per heavy atom. The third-order valence-electron chi connectivity index (χ3n) is 9.91. The molecule has 1 unspecified atom stereocenters. The number of ether oxygens (including phenoxy) is 3. The van der Waals surface area contributed by atoms with Crippen LogP contribution in [0.3, 0.4) is 0 Å². The fraction of sp³-hybridized carbons (Fsp3) is 0.795. The first-order valence-electron chi connectivity index (χ1n) is 22.2. The largest absolute Gasteiger partial charge is 0.494 e. The first-order valence-corrected chi connectivity index (χ1v) is 23.7. The quantitative estimate of drug-likeness (QED) is 0.0332. The number of rotatable bonds is 39. The van der Waals surface area contributed by atoms with Crippen LogP contribution in [0.5, 0.6) is 5.75 Å². The summed E-state index contributed by atoms with van der Waals surface area (Å²) in [4.78, 5) is 56.4. The maximum atomic E-state index is 13.2. The highest BCUT2D eigenvalue weighted by molar-refractivity contribution is 7.46. The van der Waals surface area contributed by atoms with Crippen molar-refractivity contribution in [3.8, 4) is 5.75 Å². The summed E-state index contributed by atoms with van der Waals surface area (Å²) in [6, 6.07) is 5.65. The zero-order valence-corrected chi connectivity index (χ0v) is 36.0. The Hall–Kier alpha value is -2.46. The Morgan fingerprint density at radius 3 is 1.45 bits per heavy atom. The van der Waals surface area contributed by atoms with E-state index < -0.39 is 25.7 Å². The summed E-state index contributed by atoms with van der Waals surface area (Å²) in [6.07, 6.45) is 29.4. The average Bonchev–Trinajstić information content (AvgIpc) is 3.18. The summed E-state index contributed by atoms with van der Waals surface area (Å²) >= 11 is 0. The molecule has 0 bridgehead atoms. The van der Waals surface area contributed by atoms with Gasteiger partial charge in [-0.3, -0.25) is 14.1 Å². The van der Waals surface area contributed by atoms with E-state index in [4.69, 9.17) is 24.0 Å². The number of phosphoric acid groups is 1. The molecule has 0 aliphatic rings. The molecule has 0 fully saturated rings. The van der Waals surface area contributed by atoms with Crippen molar-refractivity contribution in [2.24, 2.45) is 0 Å². The van der Waals surface area contributed by atoms with Crippen molar-refractivity contribution in [2.75, 3.05) is 26.4 Å². The van der Waals surface area contributed by atoms with E-state index in [1.54, 1.807) is 24.3 Å². The number of benzene rings is 1. The average molecular weight is 812 g/mol. The molecule has 12 heteroatoms. The zero-order chi connectivity index (χ0) is 41.0. The number of hydrogen-bond donors (Lipinski definition) is 3. The lowest BCUT2D eigenvalue weighted by Gasteiger charge is -2.18. The van der Waals surface area contributed by atoms with E-state index in [1.807, 2.05) is 0 Å². The lowest BCUT2D eigenvalue weighted by molar-refractivity contribution is -0.147. The van der Waals surface area contributed by atoms with Gasteiger partial charge in [-0.15, -0.1) is 0 Å². The van der Waals surface area contributed by atoms with Gasteiger partial charge >= 0.3 is 19.8 Å². The molecule has 56 heavy (non-hydrogen) atoms. The third-order valence-corrected chi connectivity index (χ3v) is 10.4. The van der Waals surface area contributed by atoms with Gasteiger partial charge in [-0.25, -0.2) is 9.36 Å². The molecular formula is C44H78NO10P. The Balaban J connectivity index is 2.48. The van der Waals surface area contributed by atoms with E-state index in [9.17, 15) is 18.9 Å². The number of amides is 1. The Morgan fingerprint density at radius 2 is 0.982 bits per heavy atom. The first-order chi connectivity index (χ1) is 27.2. The fourth-order valence-electron chi connectivity index (χ4n) is 6.45. The zero-order valence-electron chi connectivity index (χ0n) is 35.1. The van der Waals surface area contributed by atoms with Crippen LogP contribution in [-0.2, 0) is 28.2 Å². The molecule has 0 radical (unpaired) electrons.